The zero-order chi connectivity index (χ0) is 18.1. The van der Waals surface area contributed by atoms with Gasteiger partial charge in [0.05, 0.1) is 10.2 Å². The van der Waals surface area contributed by atoms with Crippen molar-refractivity contribution in [2.75, 3.05) is 31.1 Å². The summed E-state index contributed by atoms with van der Waals surface area (Å²) in [6.45, 7) is 7.68. The van der Waals surface area contributed by atoms with E-state index in [1.807, 2.05) is 11.0 Å². The molecular weight excluding hydrogens is 346 g/mol. The quantitative estimate of drug-likeness (QED) is 0.861. The van der Waals surface area contributed by atoms with Gasteiger partial charge >= 0.3 is 0 Å². The first-order valence-electron chi connectivity index (χ1n) is 9.51. The minimum absolute atomic E-state index is 0.292. The summed E-state index contributed by atoms with van der Waals surface area (Å²) in [6, 6.07) is 9.11. The number of nitrogens with zero attached hydrogens (tertiary/aromatic N) is 3. The van der Waals surface area contributed by atoms with Gasteiger partial charge in [-0.25, -0.2) is 4.98 Å². The number of hydrazine groups is 1. The van der Waals surface area contributed by atoms with Crippen LogP contribution >= 0.6 is 11.3 Å². The van der Waals surface area contributed by atoms with E-state index in [9.17, 15) is 4.79 Å². The Bertz CT molecular complexity index is 727. The number of benzene rings is 1. The first kappa shape index (κ1) is 17.7. The molecule has 1 aromatic carbocycles. The van der Waals surface area contributed by atoms with Gasteiger partial charge in [0.2, 0.25) is 5.91 Å². The smallest absolute Gasteiger partial charge is 0.222 e. The third kappa shape index (κ3) is 3.56. The monoisotopic (exact) mass is 373 g/mol. The molecule has 2 aliphatic heterocycles. The Labute approximate surface area is 158 Å². The number of hydrogen-bond donors (Lipinski definition) is 2. The fourth-order valence-electron chi connectivity index (χ4n) is 4.00. The van der Waals surface area contributed by atoms with Gasteiger partial charge in [-0.3, -0.25) is 15.6 Å². The topological polar surface area (TPSA) is 60.5 Å². The number of nitrogens with one attached hydrogen (secondary N) is 2. The van der Waals surface area contributed by atoms with Crippen molar-refractivity contribution in [3.63, 3.8) is 0 Å². The van der Waals surface area contributed by atoms with Crippen molar-refractivity contribution < 1.29 is 4.79 Å². The van der Waals surface area contributed by atoms with Crippen LogP contribution in [0.15, 0.2) is 24.3 Å². The average Bonchev–Trinajstić information content (AvgIpc) is 3.23. The molecule has 2 aliphatic rings. The standard InChI is InChI=1S/C19H27N5OS/c1-13-15(14(2)22-21-13)7-8-18(25)23-9-11-24(12-10-23)19-20-16-5-3-4-6-17(16)26-19/h3-6,13-15,21-22H,7-12H2,1-2H3. The molecule has 2 unspecified atom stereocenters. The Hall–Kier alpha value is -1.70. The fraction of sp³-hybridized carbons (Fsp3) is 0.579. The van der Waals surface area contributed by atoms with E-state index >= 15 is 0 Å². The lowest BCUT2D eigenvalue weighted by molar-refractivity contribution is -0.131. The Morgan fingerprint density at radius 2 is 1.85 bits per heavy atom. The Kier molecular flexibility index (Phi) is 5.11. The number of aromatic nitrogens is 1. The van der Waals surface area contributed by atoms with Gasteiger partial charge < -0.3 is 9.80 Å². The molecule has 0 radical (unpaired) electrons. The van der Waals surface area contributed by atoms with Gasteiger partial charge in [0.15, 0.2) is 5.13 Å². The van der Waals surface area contributed by atoms with E-state index in [0.717, 1.165) is 43.2 Å². The minimum atomic E-state index is 0.292. The van der Waals surface area contributed by atoms with E-state index in [2.05, 4.69) is 47.8 Å². The summed E-state index contributed by atoms with van der Waals surface area (Å²) in [7, 11) is 0. The summed E-state index contributed by atoms with van der Waals surface area (Å²) in [5, 5.41) is 1.07. The van der Waals surface area contributed by atoms with Crippen LogP contribution in [0.2, 0.25) is 0 Å². The van der Waals surface area contributed by atoms with Crippen LogP contribution in [0.25, 0.3) is 10.2 Å². The summed E-state index contributed by atoms with van der Waals surface area (Å²) < 4.78 is 1.23. The van der Waals surface area contributed by atoms with Gasteiger partial charge in [-0.15, -0.1) is 0 Å². The lowest BCUT2D eigenvalue weighted by Crippen LogP contribution is -2.48. The molecule has 2 saturated heterocycles. The molecule has 0 spiro atoms. The molecule has 26 heavy (non-hydrogen) atoms. The maximum atomic E-state index is 12.6. The normalized spacial score (nSPS) is 26.6. The van der Waals surface area contributed by atoms with E-state index in [1.165, 1.54) is 4.70 Å². The molecule has 140 valence electrons. The second-order valence-electron chi connectivity index (χ2n) is 7.40. The number of carbonyl (C=O) groups is 1. The summed E-state index contributed by atoms with van der Waals surface area (Å²) in [4.78, 5) is 21.7. The van der Waals surface area contributed by atoms with Gasteiger partial charge in [0.25, 0.3) is 0 Å². The predicted molar refractivity (Wildman–Crippen MR) is 106 cm³/mol. The number of anilines is 1. The molecule has 4 rings (SSSR count). The van der Waals surface area contributed by atoms with Crippen molar-refractivity contribution in [3.8, 4) is 0 Å². The van der Waals surface area contributed by atoms with E-state index in [1.54, 1.807) is 11.3 Å². The molecule has 2 N–H and O–H groups in total. The van der Waals surface area contributed by atoms with E-state index in [4.69, 9.17) is 4.98 Å². The minimum Gasteiger partial charge on any atom is -0.345 e. The van der Waals surface area contributed by atoms with Gasteiger partial charge in [-0.2, -0.15) is 0 Å². The van der Waals surface area contributed by atoms with Gasteiger partial charge in [0.1, 0.15) is 0 Å². The summed E-state index contributed by atoms with van der Waals surface area (Å²) >= 11 is 1.74. The SMILES string of the molecule is CC1NNC(C)C1CCC(=O)N1CCN(c2nc3ccccc3s2)CC1. The van der Waals surface area contributed by atoms with Crippen molar-refractivity contribution >= 4 is 32.6 Å². The second kappa shape index (κ2) is 7.50. The molecule has 2 fully saturated rings. The van der Waals surface area contributed by atoms with Crippen LogP contribution in [0.5, 0.6) is 0 Å². The molecule has 0 saturated carbocycles. The number of fused-ring (bicyclic) bond motifs is 1. The molecule has 0 bridgehead atoms. The highest BCUT2D eigenvalue weighted by atomic mass is 32.1. The zero-order valence-electron chi connectivity index (χ0n) is 15.4. The molecule has 1 aromatic heterocycles. The average molecular weight is 374 g/mol. The summed E-state index contributed by atoms with van der Waals surface area (Å²) in [5.74, 6) is 0.809. The van der Waals surface area contributed by atoms with E-state index < -0.39 is 0 Å². The largest absolute Gasteiger partial charge is 0.345 e. The molecule has 1 amide bonds. The van der Waals surface area contributed by atoms with Gasteiger partial charge in [-0.05, 0) is 38.3 Å². The highest BCUT2D eigenvalue weighted by molar-refractivity contribution is 7.22. The van der Waals surface area contributed by atoms with Crippen molar-refractivity contribution in [1.82, 2.24) is 20.7 Å². The Balaban J connectivity index is 1.29. The van der Waals surface area contributed by atoms with Crippen LogP contribution < -0.4 is 15.8 Å². The van der Waals surface area contributed by atoms with Crippen LogP contribution in [-0.2, 0) is 4.79 Å². The maximum absolute atomic E-state index is 12.6. The van der Waals surface area contributed by atoms with Crippen LogP contribution in [0, 0.1) is 5.92 Å². The molecule has 3 heterocycles. The third-order valence-electron chi connectivity index (χ3n) is 5.70. The van der Waals surface area contributed by atoms with Gasteiger partial charge in [-0.1, -0.05) is 23.5 Å². The highest BCUT2D eigenvalue weighted by Crippen LogP contribution is 2.29. The number of para-hydroxylation sites is 1. The first-order chi connectivity index (χ1) is 12.6. The van der Waals surface area contributed by atoms with Crippen molar-refractivity contribution in [1.29, 1.82) is 0 Å². The summed E-state index contributed by atoms with van der Waals surface area (Å²) in [6.07, 6.45) is 1.59. The summed E-state index contributed by atoms with van der Waals surface area (Å²) in [5.41, 5.74) is 7.60. The molecule has 6 nitrogen and oxygen atoms in total. The van der Waals surface area contributed by atoms with Gasteiger partial charge in [0, 0.05) is 44.7 Å². The number of amides is 1. The van der Waals surface area contributed by atoms with Crippen LogP contribution in [0.3, 0.4) is 0 Å². The maximum Gasteiger partial charge on any atom is 0.222 e. The lowest BCUT2D eigenvalue weighted by atomic mass is 9.91. The van der Waals surface area contributed by atoms with Crippen LogP contribution in [-0.4, -0.2) is 54.1 Å². The van der Waals surface area contributed by atoms with Crippen LogP contribution in [0.1, 0.15) is 26.7 Å². The first-order valence-corrected chi connectivity index (χ1v) is 10.3. The van der Waals surface area contributed by atoms with E-state index in [0.29, 0.717) is 30.3 Å². The zero-order valence-corrected chi connectivity index (χ0v) is 16.3. The van der Waals surface area contributed by atoms with E-state index in [-0.39, 0.29) is 0 Å². The van der Waals surface area contributed by atoms with Crippen molar-refractivity contribution in [2.24, 2.45) is 5.92 Å². The fourth-order valence-corrected chi connectivity index (χ4v) is 5.02. The number of thiazole rings is 1. The highest BCUT2D eigenvalue weighted by Gasteiger charge is 2.31. The Morgan fingerprint density at radius 3 is 2.54 bits per heavy atom. The Morgan fingerprint density at radius 1 is 1.15 bits per heavy atom. The molecule has 7 heteroatoms. The third-order valence-corrected chi connectivity index (χ3v) is 6.80. The lowest BCUT2D eigenvalue weighted by Gasteiger charge is -2.35. The number of piperazine rings is 1. The molecule has 2 aromatic rings. The van der Waals surface area contributed by atoms with Crippen molar-refractivity contribution in [3.05, 3.63) is 24.3 Å². The predicted octanol–water partition coefficient (Wildman–Crippen LogP) is 2.23. The number of rotatable bonds is 4. The molecular formula is C19H27N5OS. The number of hydrogen-bond acceptors (Lipinski definition) is 6. The van der Waals surface area contributed by atoms with Crippen LogP contribution in [0.4, 0.5) is 5.13 Å². The number of carbonyl (C=O) groups excluding carboxylic acids is 1. The molecule has 0 aliphatic carbocycles. The molecule has 2 atom stereocenters. The second-order valence-corrected chi connectivity index (χ2v) is 8.41. The van der Waals surface area contributed by atoms with Crippen molar-refractivity contribution in [2.45, 2.75) is 38.8 Å².